The molecule has 0 aromatic heterocycles. The largest absolute Gasteiger partial charge is 0.494 e. The minimum Gasteiger partial charge on any atom is -0.494 e. The van der Waals surface area contributed by atoms with E-state index < -0.39 is 0 Å². The van der Waals surface area contributed by atoms with Crippen LogP contribution in [0.15, 0.2) is 30.3 Å². The summed E-state index contributed by atoms with van der Waals surface area (Å²) in [6.07, 6.45) is 7.34. The van der Waals surface area contributed by atoms with Gasteiger partial charge in [0.15, 0.2) is 0 Å². The lowest BCUT2D eigenvalue weighted by atomic mass is 10.0. The molecule has 3 heteroatoms. The van der Waals surface area contributed by atoms with Crippen LogP contribution in [0.25, 0.3) is 10.8 Å². The molecule has 0 N–H and O–H groups in total. The number of alkyl halides is 1. The Balaban J connectivity index is 1.94. The molecule has 0 saturated carbocycles. The quantitative estimate of drug-likeness (QED) is 0.314. The van der Waals surface area contributed by atoms with Crippen molar-refractivity contribution in [3.8, 4) is 11.5 Å². The SMILES string of the molecule is CCCCCCCOc1ccc2c(C)c(OCCCBr)ccc2c1. The van der Waals surface area contributed by atoms with E-state index in [1.165, 1.54) is 42.0 Å². The van der Waals surface area contributed by atoms with E-state index >= 15 is 0 Å². The Bertz CT molecular complexity index is 625. The van der Waals surface area contributed by atoms with Crippen molar-refractivity contribution in [3.05, 3.63) is 35.9 Å². The summed E-state index contributed by atoms with van der Waals surface area (Å²) in [6, 6.07) is 10.6. The Morgan fingerprint density at radius 2 is 1.67 bits per heavy atom. The summed E-state index contributed by atoms with van der Waals surface area (Å²) in [6.45, 7) is 5.92. The first-order valence-corrected chi connectivity index (χ1v) is 10.2. The summed E-state index contributed by atoms with van der Waals surface area (Å²) < 4.78 is 11.8. The van der Waals surface area contributed by atoms with Crippen LogP contribution in [0.1, 0.15) is 51.0 Å². The molecule has 0 saturated heterocycles. The molecular formula is C21H29BrO2. The predicted molar refractivity (Wildman–Crippen MR) is 107 cm³/mol. The van der Waals surface area contributed by atoms with Gasteiger partial charge in [-0.1, -0.05) is 60.7 Å². The van der Waals surface area contributed by atoms with Crippen molar-refractivity contribution in [1.29, 1.82) is 0 Å². The van der Waals surface area contributed by atoms with Gasteiger partial charge in [0.1, 0.15) is 11.5 Å². The Kier molecular flexibility index (Phi) is 8.44. The number of benzene rings is 2. The summed E-state index contributed by atoms with van der Waals surface area (Å²) >= 11 is 3.43. The highest BCUT2D eigenvalue weighted by Crippen LogP contribution is 2.30. The summed E-state index contributed by atoms with van der Waals surface area (Å²) in [5.41, 5.74) is 1.20. The molecule has 2 nitrogen and oxygen atoms in total. The lowest BCUT2D eigenvalue weighted by Crippen LogP contribution is -2.00. The monoisotopic (exact) mass is 392 g/mol. The van der Waals surface area contributed by atoms with Crippen LogP contribution >= 0.6 is 15.9 Å². The number of halogens is 1. The van der Waals surface area contributed by atoms with E-state index in [0.29, 0.717) is 0 Å². The molecule has 2 rings (SSSR count). The zero-order valence-corrected chi connectivity index (χ0v) is 16.5. The maximum atomic E-state index is 5.91. The van der Waals surface area contributed by atoms with Gasteiger partial charge in [0.2, 0.25) is 0 Å². The highest BCUT2D eigenvalue weighted by Gasteiger charge is 2.06. The molecule has 0 bridgehead atoms. The molecule has 2 aromatic carbocycles. The molecule has 0 amide bonds. The van der Waals surface area contributed by atoms with E-state index in [1.807, 2.05) is 0 Å². The van der Waals surface area contributed by atoms with E-state index in [1.54, 1.807) is 0 Å². The van der Waals surface area contributed by atoms with Gasteiger partial charge >= 0.3 is 0 Å². The number of fused-ring (bicyclic) bond motifs is 1. The number of ether oxygens (including phenoxy) is 2. The molecule has 0 heterocycles. The van der Waals surface area contributed by atoms with Gasteiger partial charge in [-0.25, -0.2) is 0 Å². The van der Waals surface area contributed by atoms with Gasteiger partial charge in [-0.15, -0.1) is 0 Å². The molecule has 24 heavy (non-hydrogen) atoms. The molecule has 0 spiro atoms. The second-order valence-electron chi connectivity index (χ2n) is 6.23. The fourth-order valence-corrected chi connectivity index (χ4v) is 3.05. The van der Waals surface area contributed by atoms with Gasteiger partial charge in [-0.05, 0) is 54.3 Å². The van der Waals surface area contributed by atoms with Crippen LogP contribution in [-0.2, 0) is 0 Å². The van der Waals surface area contributed by atoms with Crippen LogP contribution in [0.2, 0.25) is 0 Å². The minimum atomic E-state index is 0.747. The standard InChI is InChI=1S/C21H29BrO2/c1-3-4-5-6-7-14-23-19-10-11-20-17(2)21(24-15-8-13-22)12-9-18(20)16-19/h9-12,16H,3-8,13-15H2,1-2H3. The third kappa shape index (κ3) is 5.70. The molecular weight excluding hydrogens is 364 g/mol. The molecule has 0 aliphatic carbocycles. The summed E-state index contributed by atoms with van der Waals surface area (Å²) in [4.78, 5) is 0. The van der Waals surface area contributed by atoms with Crippen LogP contribution in [-0.4, -0.2) is 18.5 Å². The van der Waals surface area contributed by atoms with Gasteiger partial charge in [0.05, 0.1) is 13.2 Å². The fraction of sp³-hybridized carbons (Fsp3) is 0.524. The van der Waals surface area contributed by atoms with Crippen LogP contribution in [0.5, 0.6) is 11.5 Å². The first-order valence-electron chi connectivity index (χ1n) is 9.11. The van der Waals surface area contributed by atoms with Crippen molar-refractivity contribution in [2.45, 2.75) is 52.4 Å². The van der Waals surface area contributed by atoms with E-state index in [4.69, 9.17) is 9.47 Å². The number of hydrogen-bond donors (Lipinski definition) is 0. The van der Waals surface area contributed by atoms with Gasteiger partial charge in [-0.3, -0.25) is 0 Å². The molecule has 0 unspecified atom stereocenters. The molecule has 0 atom stereocenters. The normalized spacial score (nSPS) is 11.0. The van der Waals surface area contributed by atoms with Crippen molar-refractivity contribution in [3.63, 3.8) is 0 Å². The molecule has 0 fully saturated rings. The Labute approximate surface area is 154 Å². The second kappa shape index (κ2) is 10.6. The van der Waals surface area contributed by atoms with Crippen molar-refractivity contribution < 1.29 is 9.47 Å². The van der Waals surface area contributed by atoms with E-state index in [-0.39, 0.29) is 0 Å². The average molecular weight is 393 g/mol. The van der Waals surface area contributed by atoms with Gasteiger partial charge in [-0.2, -0.15) is 0 Å². The summed E-state index contributed by atoms with van der Waals surface area (Å²) in [5, 5.41) is 3.42. The van der Waals surface area contributed by atoms with Crippen molar-refractivity contribution in [2.24, 2.45) is 0 Å². The highest BCUT2D eigenvalue weighted by molar-refractivity contribution is 9.09. The fourth-order valence-electron chi connectivity index (χ4n) is 2.82. The van der Waals surface area contributed by atoms with Crippen LogP contribution in [0, 0.1) is 6.92 Å². The highest BCUT2D eigenvalue weighted by atomic mass is 79.9. The van der Waals surface area contributed by atoms with E-state index in [9.17, 15) is 0 Å². The Morgan fingerprint density at radius 1 is 0.875 bits per heavy atom. The van der Waals surface area contributed by atoms with E-state index in [2.05, 4.69) is 60.1 Å². The zero-order chi connectivity index (χ0) is 17.2. The summed E-state index contributed by atoms with van der Waals surface area (Å²) in [5.74, 6) is 1.94. The van der Waals surface area contributed by atoms with Crippen molar-refractivity contribution in [2.75, 3.05) is 18.5 Å². The maximum absolute atomic E-state index is 5.91. The van der Waals surface area contributed by atoms with Gasteiger partial charge in [0.25, 0.3) is 0 Å². The van der Waals surface area contributed by atoms with Gasteiger partial charge < -0.3 is 9.47 Å². The van der Waals surface area contributed by atoms with Crippen LogP contribution in [0.3, 0.4) is 0 Å². The number of aryl methyl sites for hydroxylation is 1. The molecule has 2 aromatic rings. The molecule has 0 aliphatic heterocycles. The Morgan fingerprint density at radius 3 is 2.46 bits per heavy atom. The van der Waals surface area contributed by atoms with Crippen LogP contribution < -0.4 is 9.47 Å². The maximum Gasteiger partial charge on any atom is 0.122 e. The predicted octanol–water partition coefficient (Wildman–Crippen LogP) is 6.66. The second-order valence-corrected chi connectivity index (χ2v) is 7.02. The number of unbranched alkanes of at least 4 members (excludes halogenated alkanes) is 4. The third-order valence-corrected chi connectivity index (χ3v) is 4.82. The van der Waals surface area contributed by atoms with Gasteiger partial charge in [0, 0.05) is 5.33 Å². The molecule has 0 radical (unpaired) electrons. The smallest absolute Gasteiger partial charge is 0.122 e. The van der Waals surface area contributed by atoms with Crippen LogP contribution in [0.4, 0.5) is 0 Å². The molecule has 132 valence electrons. The van der Waals surface area contributed by atoms with Crippen molar-refractivity contribution in [1.82, 2.24) is 0 Å². The van der Waals surface area contributed by atoms with E-state index in [0.717, 1.165) is 42.9 Å². The first-order chi connectivity index (χ1) is 11.8. The third-order valence-electron chi connectivity index (χ3n) is 4.26. The molecule has 0 aliphatic rings. The average Bonchev–Trinajstić information content (AvgIpc) is 2.60. The Hall–Kier alpha value is -1.22. The van der Waals surface area contributed by atoms with Crippen molar-refractivity contribution >= 4 is 26.7 Å². The number of rotatable bonds is 11. The topological polar surface area (TPSA) is 18.5 Å². The minimum absolute atomic E-state index is 0.747. The first kappa shape index (κ1) is 19.1. The lowest BCUT2D eigenvalue weighted by Gasteiger charge is -2.12. The zero-order valence-electron chi connectivity index (χ0n) is 14.9. The summed E-state index contributed by atoms with van der Waals surface area (Å²) in [7, 11) is 0. The number of hydrogen-bond acceptors (Lipinski definition) is 2. The lowest BCUT2D eigenvalue weighted by molar-refractivity contribution is 0.305.